The standard InChI is InChI=1S/C11H7ClF2N2O2/c1-16-9(4-8(15-16)11(17)18)5-2-6(13)10(12)7(14)3-5/h2-4H,1H3,(H,17,18). The lowest BCUT2D eigenvalue weighted by Gasteiger charge is -2.04. The lowest BCUT2D eigenvalue weighted by Crippen LogP contribution is -1.99. The minimum Gasteiger partial charge on any atom is -0.476 e. The Bertz CT molecular complexity index is 617. The molecule has 94 valence electrons. The van der Waals surface area contributed by atoms with Gasteiger partial charge in [-0.3, -0.25) is 4.68 Å². The van der Waals surface area contributed by atoms with Crippen molar-refractivity contribution < 1.29 is 18.7 Å². The highest BCUT2D eigenvalue weighted by Gasteiger charge is 2.16. The average Bonchev–Trinajstić information content (AvgIpc) is 2.68. The van der Waals surface area contributed by atoms with Gasteiger partial charge in [0.15, 0.2) is 5.69 Å². The molecule has 0 spiro atoms. The number of aryl methyl sites for hydroxylation is 1. The molecule has 0 unspecified atom stereocenters. The van der Waals surface area contributed by atoms with Crippen LogP contribution in [0, 0.1) is 11.6 Å². The number of rotatable bonds is 2. The molecule has 0 aliphatic heterocycles. The summed E-state index contributed by atoms with van der Waals surface area (Å²) < 4.78 is 27.8. The number of hydrogen-bond donors (Lipinski definition) is 1. The SMILES string of the molecule is Cn1nc(C(=O)O)cc1-c1cc(F)c(Cl)c(F)c1. The summed E-state index contributed by atoms with van der Waals surface area (Å²) in [4.78, 5) is 10.7. The fourth-order valence-electron chi connectivity index (χ4n) is 1.55. The number of nitrogens with zero attached hydrogens (tertiary/aromatic N) is 2. The van der Waals surface area contributed by atoms with Crippen LogP contribution in [0.3, 0.4) is 0 Å². The van der Waals surface area contributed by atoms with Gasteiger partial charge in [0.2, 0.25) is 0 Å². The number of carboxylic acid groups (broad SMARTS) is 1. The van der Waals surface area contributed by atoms with E-state index in [1.165, 1.54) is 17.8 Å². The molecule has 2 aromatic rings. The Morgan fingerprint density at radius 2 is 1.89 bits per heavy atom. The van der Waals surface area contributed by atoms with Gasteiger partial charge >= 0.3 is 5.97 Å². The number of aromatic nitrogens is 2. The summed E-state index contributed by atoms with van der Waals surface area (Å²) in [6, 6.07) is 3.27. The predicted octanol–water partition coefficient (Wildman–Crippen LogP) is 2.72. The van der Waals surface area contributed by atoms with Gasteiger partial charge in [0.1, 0.15) is 16.7 Å². The summed E-state index contributed by atoms with van der Waals surface area (Å²) >= 11 is 5.37. The lowest BCUT2D eigenvalue weighted by atomic mass is 10.1. The second-order valence-corrected chi connectivity index (χ2v) is 3.98. The smallest absolute Gasteiger partial charge is 0.356 e. The zero-order valence-electron chi connectivity index (χ0n) is 9.12. The molecule has 1 aromatic heterocycles. The van der Waals surface area contributed by atoms with E-state index in [9.17, 15) is 13.6 Å². The molecule has 1 N–H and O–H groups in total. The van der Waals surface area contributed by atoms with Crippen molar-refractivity contribution >= 4 is 17.6 Å². The monoisotopic (exact) mass is 272 g/mol. The number of hydrogen-bond acceptors (Lipinski definition) is 2. The summed E-state index contributed by atoms with van der Waals surface area (Å²) in [5, 5.41) is 11.9. The summed E-state index contributed by atoms with van der Waals surface area (Å²) in [5.41, 5.74) is 0.238. The van der Waals surface area contributed by atoms with Crippen LogP contribution in [0.25, 0.3) is 11.3 Å². The van der Waals surface area contributed by atoms with Gasteiger partial charge in [-0.2, -0.15) is 5.10 Å². The first-order valence-corrected chi connectivity index (χ1v) is 5.20. The third-order valence-corrected chi connectivity index (χ3v) is 2.74. The molecule has 1 heterocycles. The van der Waals surface area contributed by atoms with Gasteiger partial charge in [-0.15, -0.1) is 0 Å². The third kappa shape index (κ3) is 2.06. The highest BCUT2D eigenvalue weighted by Crippen LogP contribution is 2.27. The number of carbonyl (C=O) groups is 1. The molecule has 4 nitrogen and oxygen atoms in total. The molecule has 2 rings (SSSR count). The molecule has 0 atom stereocenters. The van der Waals surface area contributed by atoms with E-state index >= 15 is 0 Å². The first-order chi connectivity index (χ1) is 8.40. The van der Waals surface area contributed by atoms with Crippen molar-refractivity contribution in [1.29, 1.82) is 0 Å². The van der Waals surface area contributed by atoms with Crippen LogP contribution in [0.5, 0.6) is 0 Å². The van der Waals surface area contributed by atoms with E-state index < -0.39 is 22.6 Å². The minimum absolute atomic E-state index is 0.164. The summed E-state index contributed by atoms with van der Waals surface area (Å²) in [6.07, 6.45) is 0. The molecule has 0 saturated heterocycles. The van der Waals surface area contributed by atoms with Crippen LogP contribution < -0.4 is 0 Å². The average molecular weight is 273 g/mol. The van der Waals surface area contributed by atoms with Gasteiger partial charge in [0.05, 0.1) is 5.69 Å². The van der Waals surface area contributed by atoms with Gasteiger partial charge in [-0.25, -0.2) is 13.6 Å². The highest BCUT2D eigenvalue weighted by atomic mass is 35.5. The van der Waals surface area contributed by atoms with Crippen LogP contribution in [0.15, 0.2) is 18.2 Å². The van der Waals surface area contributed by atoms with E-state index in [1.54, 1.807) is 0 Å². The second kappa shape index (κ2) is 4.38. The predicted molar refractivity (Wildman–Crippen MR) is 60.5 cm³/mol. The molecule has 7 heteroatoms. The van der Waals surface area contributed by atoms with Gasteiger partial charge in [0, 0.05) is 12.6 Å². The molecule has 0 aliphatic carbocycles. The van der Waals surface area contributed by atoms with Crippen LogP contribution in [-0.4, -0.2) is 20.9 Å². The normalized spacial score (nSPS) is 10.7. The highest BCUT2D eigenvalue weighted by molar-refractivity contribution is 6.31. The third-order valence-electron chi connectivity index (χ3n) is 2.38. The summed E-state index contributed by atoms with van der Waals surface area (Å²) in [6.45, 7) is 0. The van der Waals surface area contributed by atoms with Crippen LogP contribution in [0.1, 0.15) is 10.5 Å². The van der Waals surface area contributed by atoms with Crippen LogP contribution in [0.2, 0.25) is 5.02 Å². The van der Waals surface area contributed by atoms with Gasteiger partial charge < -0.3 is 5.11 Å². The van der Waals surface area contributed by atoms with E-state index in [0.717, 1.165) is 12.1 Å². The van der Waals surface area contributed by atoms with Crippen molar-refractivity contribution in [2.24, 2.45) is 7.05 Å². The molecule has 18 heavy (non-hydrogen) atoms. The number of benzene rings is 1. The molecular formula is C11H7ClF2N2O2. The Balaban J connectivity index is 2.58. The first-order valence-electron chi connectivity index (χ1n) is 4.82. The first kappa shape index (κ1) is 12.5. The van der Waals surface area contributed by atoms with Crippen molar-refractivity contribution in [3.63, 3.8) is 0 Å². The Morgan fingerprint density at radius 1 is 1.33 bits per heavy atom. The second-order valence-electron chi connectivity index (χ2n) is 3.60. The topological polar surface area (TPSA) is 55.1 Å². The van der Waals surface area contributed by atoms with Crippen LogP contribution >= 0.6 is 11.6 Å². The van der Waals surface area contributed by atoms with Crippen LogP contribution in [0.4, 0.5) is 8.78 Å². The van der Waals surface area contributed by atoms with Crippen molar-refractivity contribution in [3.05, 3.63) is 40.6 Å². The lowest BCUT2D eigenvalue weighted by molar-refractivity contribution is 0.0689. The molecular weight excluding hydrogens is 266 g/mol. The summed E-state index contributed by atoms with van der Waals surface area (Å²) in [5.74, 6) is -3.04. The van der Waals surface area contributed by atoms with Crippen molar-refractivity contribution in [2.75, 3.05) is 0 Å². The fraction of sp³-hybridized carbons (Fsp3) is 0.0909. The molecule has 0 amide bonds. The largest absolute Gasteiger partial charge is 0.476 e. The van der Waals surface area contributed by atoms with Crippen molar-refractivity contribution in [2.45, 2.75) is 0 Å². The van der Waals surface area contributed by atoms with Gasteiger partial charge in [-0.1, -0.05) is 11.6 Å². The van der Waals surface area contributed by atoms with E-state index in [-0.39, 0.29) is 17.0 Å². The fourth-order valence-corrected chi connectivity index (χ4v) is 1.65. The Kier molecular flexibility index (Phi) is 3.04. The molecule has 0 fully saturated rings. The Hall–Kier alpha value is -1.95. The Morgan fingerprint density at radius 3 is 2.33 bits per heavy atom. The van der Waals surface area contributed by atoms with E-state index in [1.807, 2.05) is 0 Å². The maximum atomic E-state index is 13.3. The number of halogens is 3. The number of carboxylic acids is 1. The molecule has 0 saturated carbocycles. The zero-order valence-corrected chi connectivity index (χ0v) is 9.87. The van der Waals surface area contributed by atoms with E-state index in [0.29, 0.717) is 0 Å². The van der Waals surface area contributed by atoms with Gasteiger partial charge in [0.25, 0.3) is 0 Å². The van der Waals surface area contributed by atoms with Gasteiger partial charge in [-0.05, 0) is 18.2 Å². The molecule has 0 bridgehead atoms. The number of aromatic carboxylic acids is 1. The van der Waals surface area contributed by atoms with E-state index in [4.69, 9.17) is 16.7 Å². The molecule has 1 aromatic carbocycles. The maximum absolute atomic E-state index is 13.3. The quantitative estimate of drug-likeness (QED) is 0.855. The zero-order chi connectivity index (χ0) is 13.4. The molecule has 0 radical (unpaired) electrons. The molecule has 0 aliphatic rings. The minimum atomic E-state index is -1.22. The maximum Gasteiger partial charge on any atom is 0.356 e. The van der Waals surface area contributed by atoms with Crippen molar-refractivity contribution in [3.8, 4) is 11.3 Å². The summed E-state index contributed by atoms with van der Waals surface area (Å²) in [7, 11) is 1.48. The Labute approximate surface area is 105 Å². The van der Waals surface area contributed by atoms with Crippen LogP contribution in [-0.2, 0) is 7.05 Å². The van der Waals surface area contributed by atoms with E-state index in [2.05, 4.69) is 5.10 Å². The van der Waals surface area contributed by atoms with Crippen molar-refractivity contribution in [1.82, 2.24) is 9.78 Å².